The van der Waals surface area contributed by atoms with Crippen LogP contribution in [0.2, 0.25) is 0 Å². The molecule has 0 radical (unpaired) electrons. The van der Waals surface area contributed by atoms with E-state index in [1.54, 1.807) is 0 Å². The van der Waals surface area contributed by atoms with Gasteiger partial charge < -0.3 is 28.4 Å². The fourth-order valence-corrected chi connectivity index (χ4v) is 15.6. The van der Waals surface area contributed by atoms with Crippen molar-refractivity contribution in [2.45, 2.75) is 216 Å². The Balaban J connectivity index is 1.27. The average molecular weight is 745 g/mol. The summed E-state index contributed by atoms with van der Waals surface area (Å²) in [5.41, 5.74) is 1.46. The molecule has 8 heterocycles. The van der Waals surface area contributed by atoms with E-state index in [1.807, 2.05) is 0 Å². The lowest BCUT2D eigenvalue weighted by atomic mass is 9.46. The Labute approximate surface area is 314 Å². The van der Waals surface area contributed by atoms with Gasteiger partial charge in [0.2, 0.25) is 0 Å². The number of hydrogen-bond donors (Lipinski definition) is 0. The smallest absolute Gasteiger partial charge is 0.172 e. The van der Waals surface area contributed by atoms with Gasteiger partial charge in [0, 0.05) is 25.7 Å². The van der Waals surface area contributed by atoms with Crippen molar-refractivity contribution in [3.05, 3.63) is 34.9 Å². The van der Waals surface area contributed by atoms with Crippen molar-refractivity contribution >= 4 is 18.5 Å². The molecule has 0 amide bonds. The van der Waals surface area contributed by atoms with Crippen LogP contribution in [-0.4, -0.2) is 57.9 Å². The molecule has 10 atom stereocenters. The van der Waals surface area contributed by atoms with Crippen molar-refractivity contribution in [2.24, 2.45) is 5.41 Å². The molecular weight excluding hydrogens is 674 g/mol. The zero-order chi connectivity index (χ0) is 37.2. The number of benzene rings is 1. The zero-order valence-electron chi connectivity index (χ0n) is 33.9. The maximum atomic E-state index is 7.21. The highest BCUT2D eigenvalue weighted by molar-refractivity contribution is 7.16. The first kappa shape index (κ1) is 39.1. The topological polar surface area (TPSA) is 55.4 Å². The number of rotatable bonds is 13. The zero-order valence-corrected chi connectivity index (χ0v) is 36.3. The lowest BCUT2D eigenvalue weighted by Crippen LogP contribution is -2.85. The van der Waals surface area contributed by atoms with E-state index in [-0.39, 0.29) is 0 Å². The molecule has 0 saturated carbocycles. The van der Waals surface area contributed by atoms with Crippen molar-refractivity contribution in [1.29, 1.82) is 0 Å². The summed E-state index contributed by atoms with van der Waals surface area (Å²) in [6.45, 7) is 24.8. The summed E-state index contributed by atoms with van der Waals surface area (Å²) in [4.78, 5) is 0. The molecule has 10 unspecified atom stereocenters. The standard InChI is InChI=1S/C43H70O6P2/c1-33(2,3)22-18-16-14-12-13-15-17-19-30-20-21-31(42(28-50)34(4)24-38(8)45-35(42,5)25-39(9,44-34)48-38)32(23-30)43(29-51)36(6)26-40(10)47-37(43,7)27-41(11,46-36)49-40/h20-21,23H,12-19,22,24-29,50-51H2,1-11H3. The van der Waals surface area contributed by atoms with Crippen molar-refractivity contribution < 1.29 is 28.4 Å². The van der Waals surface area contributed by atoms with Crippen LogP contribution >= 0.6 is 18.5 Å². The molecular formula is C43H70O6P2. The second-order valence-electron chi connectivity index (χ2n) is 20.4. The van der Waals surface area contributed by atoms with Gasteiger partial charge in [-0.05, 0) is 109 Å². The third kappa shape index (κ3) is 5.83. The molecule has 8 aliphatic rings. The van der Waals surface area contributed by atoms with Gasteiger partial charge in [0.05, 0.1) is 33.2 Å². The van der Waals surface area contributed by atoms with E-state index in [0.717, 1.165) is 18.7 Å². The molecule has 1 aromatic carbocycles. The summed E-state index contributed by atoms with van der Waals surface area (Å²) in [6, 6.07) is 7.43. The Kier molecular flexibility index (Phi) is 9.33. The highest BCUT2D eigenvalue weighted by atomic mass is 31.0. The maximum absolute atomic E-state index is 7.21. The van der Waals surface area contributed by atoms with E-state index in [9.17, 15) is 0 Å². The van der Waals surface area contributed by atoms with Crippen LogP contribution in [0.3, 0.4) is 0 Å². The van der Waals surface area contributed by atoms with E-state index < -0.39 is 56.4 Å². The lowest BCUT2D eigenvalue weighted by Gasteiger charge is -2.77. The van der Waals surface area contributed by atoms with Gasteiger partial charge in [0.15, 0.2) is 23.1 Å². The second-order valence-corrected chi connectivity index (χ2v) is 21.2. The fourth-order valence-electron chi connectivity index (χ4n) is 13.4. The van der Waals surface area contributed by atoms with Gasteiger partial charge in [-0.3, -0.25) is 0 Å². The first-order valence-electron chi connectivity index (χ1n) is 20.2. The Morgan fingerprint density at radius 1 is 0.510 bits per heavy atom. The predicted molar refractivity (Wildman–Crippen MR) is 211 cm³/mol. The van der Waals surface area contributed by atoms with Crippen LogP contribution in [-0.2, 0) is 45.7 Å². The van der Waals surface area contributed by atoms with Crippen LogP contribution in [0.15, 0.2) is 18.2 Å². The van der Waals surface area contributed by atoms with Crippen LogP contribution in [0.1, 0.15) is 170 Å². The Hall–Kier alpha value is -0.160. The van der Waals surface area contributed by atoms with Crippen molar-refractivity contribution in [3.8, 4) is 0 Å². The molecule has 0 aromatic heterocycles. The highest BCUT2D eigenvalue weighted by Crippen LogP contribution is 2.72. The van der Waals surface area contributed by atoms with E-state index >= 15 is 0 Å². The number of aryl methyl sites for hydroxylation is 1. The van der Waals surface area contributed by atoms with Gasteiger partial charge in [-0.2, -0.15) is 0 Å². The summed E-state index contributed by atoms with van der Waals surface area (Å²) in [6.07, 6.45) is 15.8. The first-order chi connectivity index (χ1) is 23.5. The molecule has 8 fully saturated rings. The third-order valence-corrected chi connectivity index (χ3v) is 15.6. The monoisotopic (exact) mass is 744 g/mol. The molecule has 0 aliphatic carbocycles. The van der Waals surface area contributed by atoms with Gasteiger partial charge in [0.25, 0.3) is 0 Å². The summed E-state index contributed by atoms with van der Waals surface area (Å²) in [7, 11) is 6.30. The van der Waals surface area contributed by atoms with Gasteiger partial charge in [-0.1, -0.05) is 77.5 Å². The molecule has 8 saturated heterocycles. The Morgan fingerprint density at radius 2 is 0.882 bits per heavy atom. The largest absolute Gasteiger partial charge is 0.343 e. The molecule has 9 rings (SSSR count). The predicted octanol–water partition coefficient (Wildman–Crippen LogP) is 10.3. The molecule has 51 heavy (non-hydrogen) atoms. The minimum atomic E-state index is -0.700. The summed E-state index contributed by atoms with van der Waals surface area (Å²) < 4.78 is 41.8. The van der Waals surface area contributed by atoms with Crippen molar-refractivity contribution in [1.82, 2.24) is 0 Å². The summed E-state index contributed by atoms with van der Waals surface area (Å²) >= 11 is 0. The maximum Gasteiger partial charge on any atom is 0.172 e. The molecule has 0 N–H and O–H groups in total. The number of unbranched alkanes of at least 4 members (excludes halogenated alkanes) is 6. The molecule has 8 aliphatic heterocycles. The summed E-state index contributed by atoms with van der Waals surface area (Å²) in [5, 5.41) is 0. The Bertz CT molecular complexity index is 1430. The molecule has 8 heteroatoms. The summed E-state index contributed by atoms with van der Waals surface area (Å²) in [5.74, 6) is -2.80. The van der Waals surface area contributed by atoms with Crippen LogP contribution in [0, 0.1) is 5.41 Å². The molecule has 1 aromatic rings. The van der Waals surface area contributed by atoms with E-state index in [4.69, 9.17) is 28.4 Å². The molecule has 288 valence electrons. The van der Waals surface area contributed by atoms with Gasteiger partial charge in [-0.25, -0.2) is 0 Å². The average Bonchev–Trinajstić information content (AvgIpc) is 2.92. The van der Waals surface area contributed by atoms with Crippen LogP contribution < -0.4 is 0 Å². The van der Waals surface area contributed by atoms with E-state index in [1.165, 1.54) is 68.1 Å². The normalized spacial score (nSPS) is 48.2. The lowest BCUT2D eigenvalue weighted by molar-refractivity contribution is -0.534. The Morgan fingerprint density at radius 3 is 1.27 bits per heavy atom. The molecule has 0 spiro atoms. The quantitative estimate of drug-likeness (QED) is 0.148. The van der Waals surface area contributed by atoms with Crippen LogP contribution in [0.5, 0.6) is 0 Å². The fraction of sp³-hybridized carbons (Fsp3) is 0.860. The minimum Gasteiger partial charge on any atom is -0.343 e. The van der Waals surface area contributed by atoms with Gasteiger partial charge >= 0.3 is 0 Å². The van der Waals surface area contributed by atoms with Crippen LogP contribution in [0.25, 0.3) is 0 Å². The van der Waals surface area contributed by atoms with Crippen molar-refractivity contribution in [3.63, 3.8) is 0 Å². The first-order valence-corrected chi connectivity index (χ1v) is 21.9. The van der Waals surface area contributed by atoms with Gasteiger partial charge in [-0.15, -0.1) is 18.5 Å². The van der Waals surface area contributed by atoms with Gasteiger partial charge in [0.1, 0.15) is 0 Å². The number of ether oxygens (including phenoxy) is 6. The van der Waals surface area contributed by atoms with Crippen LogP contribution in [0.4, 0.5) is 0 Å². The van der Waals surface area contributed by atoms with E-state index in [2.05, 4.69) is 113 Å². The van der Waals surface area contributed by atoms with Crippen molar-refractivity contribution in [2.75, 3.05) is 12.3 Å². The molecule has 6 nitrogen and oxygen atoms in total. The highest BCUT2D eigenvalue weighted by Gasteiger charge is 2.81. The third-order valence-electron chi connectivity index (χ3n) is 14.4. The second kappa shape index (κ2) is 12.2. The SMILES string of the molecule is CC(C)(C)CCCCCCCCCc1ccc(C2(CP)C3(C)CC4(C)OC(C)(CC2(C)O4)O3)c(C2(CP)C3(C)CC4(C)OC(C)(CC2(C)O4)O3)c1. The number of hydrogen-bond acceptors (Lipinski definition) is 6. The van der Waals surface area contributed by atoms with E-state index in [0.29, 0.717) is 31.1 Å². The molecule has 8 bridgehead atoms. The minimum absolute atomic E-state index is 0.447.